The van der Waals surface area contributed by atoms with E-state index in [4.69, 9.17) is 0 Å². The van der Waals surface area contributed by atoms with Crippen LogP contribution in [0.1, 0.15) is 45.1 Å². The number of hydrogen-bond acceptors (Lipinski definition) is 2. The van der Waals surface area contributed by atoms with Crippen LogP contribution < -0.4 is 0 Å². The maximum atomic E-state index is 12.6. The first-order chi connectivity index (χ1) is 10.7. The molecule has 0 spiro atoms. The van der Waals surface area contributed by atoms with Crippen LogP contribution in [0.25, 0.3) is 0 Å². The lowest BCUT2D eigenvalue weighted by atomic mass is 10.00. The van der Waals surface area contributed by atoms with Crippen LogP contribution in [0, 0.1) is 0 Å². The summed E-state index contributed by atoms with van der Waals surface area (Å²) in [6.07, 6.45) is 4.09. The predicted molar refractivity (Wildman–Crippen MR) is 87.2 cm³/mol. The molecule has 4 nitrogen and oxygen atoms in total. The highest BCUT2D eigenvalue weighted by atomic mass is 16.2. The fraction of sp³-hybridized carbons (Fsp3) is 0.556. The van der Waals surface area contributed by atoms with E-state index in [1.807, 2.05) is 37.3 Å². The Morgan fingerprint density at radius 3 is 2.55 bits per heavy atom. The van der Waals surface area contributed by atoms with Crippen LogP contribution in [0.15, 0.2) is 30.3 Å². The van der Waals surface area contributed by atoms with E-state index in [1.54, 1.807) is 9.80 Å². The number of carbonyl (C=O) groups excluding carboxylic acids is 2. The molecule has 1 heterocycles. The van der Waals surface area contributed by atoms with Crippen molar-refractivity contribution < 1.29 is 9.59 Å². The van der Waals surface area contributed by atoms with E-state index < -0.39 is 0 Å². The number of amides is 2. The molecule has 1 aromatic rings. The van der Waals surface area contributed by atoms with Gasteiger partial charge in [0.1, 0.15) is 0 Å². The molecule has 0 aromatic heterocycles. The second-order valence-corrected chi connectivity index (χ2v) is 5.86. The monoisotopic (exact) mass is 302 g/mol. The lowest BCUT2D eigenvalue weighted by Gasteiger charge is -2.36. The molecule has 1 aliphatic heterocycles. The molecular formula is C18H26N2O2. The van der Waals surface area contributed by atoms with Crippen LogP contribution in [-0.2, 0) is 16.1 Å². The van der Waals surface area contributed by atoms with Crippen molar-refractivity contribution in [2.75, 3.05) is 13.1 Å². The highest BCUT2D eigenvalue weighted by molar-refractivity contribution is 6.34. The van der Waals surface area contributed by atoms with E-state index in [1.165, 1.54) is 0 Å². The number of likely N-dealkylation sites (tertiary alicyclic amines) is 1. The largest absolute Gasteiger partial charge is 0.331 e. The van der Waals surface area contributed by atoms with Crippen molar-refractivity contribution in [1.29, 1.82) is 0 Å². The van der Waals surface area contributed by atoms with Gasteiger partial charge in [-0.1, -0.05) is 37.3 Å². The number of benzene rings is 1. The molecule has 1 saturated heterocycles. The van der Waals surface area contributed by atoms with Crippen LogP contribution in [-0.4, -0.2) is 40.7 Å². The van der Waals surface area contributed by atoms with E-state index in [0.717, 1.165) is 31.2 Å². The SMILES string of the molecule is CCC1CCCCN1C(=O)C(=O)N(CC)Cc1ccccc1. The number of rotatable bonds is 4. The molecule has 0 N–H and O–H groups in total. The quantitative estimate of drug-likeness (QED) is 0.802. The molecule has 2 amide bonds. The molecule has 1 aromatic carbocycles. The smallest absolute Gasteiger partial charge is 0.312 e. The Kier molecular flexibility index (Phi) is 5.99. The zero-order chi connectivity index (χ0) is 15.9. The first-order valence-electron chi connectivity index (χ1n) is 8.31. The number of likely N-dealkylation sites (N-methyl/N-ethyl adjacent to an activating group) is 1. The van der Waals surface area contributed by atoms with Crippen LogP contribution in [0.5, 0.6) is 0 Å². The summed E-state index contributed by atoms with van der Waals surface area (Å²) in [5.74, 6) is -0.698. The van der Waals surface area contributed by atoms with Gasteiger partial charge in [0, 0.05) is 25.7 Å². The second kappa shape index (κ2) is 7.97. The first kappa shape index (κ1) is 16.5. The van der Waals surface area contributed by atoms with Gasteiger partial charge in [-0.3, -0.25) is 9.59 Å². The van der Waals surface area contributed by atoms with Crippen molar-refractivity contribution in [3.8, 4) is 0 Å². The molecule has 0 saturated carbocycles. The van der Waals surface area contributed by atoms with E-state index in [9.17, 15) is 9.59 Å². The van der Waals surface area contributed by atoms with E-state index in [0.29, 0.717) is 19.6 Å². The van der Waals surface area contributed by atoms with Crippen LogP contribution >= 0.6 is 0 Å². The molecule has 22 heavy (non-hydrogen) atoms. The Balaban J connectivity index is 2.05. The molecule has 0 radical (unpaired) electrons. The molecule has 4 heteroatoms. The summed E-state index contributed by atoms with van der Waals surface area (Å²) < 4.78 is 0. The van der Waals surface area contributed by atoms with Crippen molar-refractivity contribution in [3.63, 3.8) is 0 Å². The van der Waals surface area contributed by atoms with Gasteiger partial charge in [0.2, 0.25) is 0 Å². The van der Waals surface area contributed by atoms with Gasteiger partial charge in [-0.05, 0) is 38.2 Å². The summed E-state index contributed by atoms with van der Waals surface area (Å²) >= 11 is 0. The molecular weight excluding hydrogens is 276 g/mol. The molecule has 0 aliphatic carbocycles. The molecule has 1 aliphatic rings. The van der Waals surface area contributed by atoms with Crippen molar-refractivity contribution in [2.24, 2.45) is 0 Å². The summed E-state index contributed by atoms with van der Waals surface area (Å²) in [7, 11) is 0. The van der Waals surface area contributed by atoms with Gasteiger partial charge < -0.3 is 9.80 Å². The van der Waals surface area contributed by atoms with Crippen LogP contribution in [0.3, 0.4) is 0 Å². The fourth-order valence-corrected chi connectivity index (χ4v) is 3.08. The maximum Gasteiger partial charge on any atom is 0.312 e. The third-order valence-electron chi connectivity index (χ3n) is 4.43. The van der Waals surface area contributed by atoms with Gasteiger partial charge in [-0.15, -0.1) is 0 Å². The number of piperidine rings is 1. The Labute approximate surface area is 133 Å². The summed E-state index contributed by atoms with van der Waals surface area (Å²) in [4.78, 5) is 28.6. The minimum absolute atomic E-state index is 0.223. The van der Waals surface area contributed by atoms with E-state index >= 15 is 0 Å². The van der Waals surface area contributed by atoms with Gasteiger partial charge in [0.25, 0.3) is 0 Å². The van der Waals surface area contributed by atoms with Gasteiger partial charge in [0.05, 0.1) is 0 Å². The zero-order valence-corrected chi connectivity index (χ0v) is 13.6. The third-order valence-corrected chi connectivity index (χ3v) is 4.43. The lowest BCUT2D eigenvalue weighted by Crippen LogP contribution is -2.50. The average Bonchev–Trinajstić information content (AvgIpc) is 2.59. The Hall–Kier alpha value is -1.84. The van der Waals surface area contributed by atoms with Gasteiger partial charge in [-0.2, -0.15) is 0 Å². The summed E-state index contributed by atoms with van der Waals surface area (Å²) in [6.45, 7) is 5.76. The van der Waals surface area contributed by atoms with Gasteiger partial charge >= 0.3 is 11.8 Å². The molecule has 2 rings (SSSR count). The van der Waals surface area contributed by atoms with Crippen molar-refractivity contribution >= 4 is 11.8 Å². The average molecular weight is 302 g/mol. The van der Waals surface area contributed by atoms with Crippen molar-refractivity contribution in [1.82, 2.24) is 9.80 Å². The van der Waals surface area contributed by atoms with Gasteiger partial charge in [-0.25, -0.2) is 0 Å². The van der Waals surface area contributed by atoms with Crippen molar-refractivity contribution in [3.05, 3.63) is 35.9 Å². The standard InChI is InChI=1S/C18H26N2O2/c1-3-16-12-8-9-13-20(16)18(22)17(21)19(4-2)14-15-10-6-5-7-11-15/h5-7,10-11,16H,3-4,8-9,12-14H2,1-2H3. The molecule has 120 valence electrons. The summed E-state index contributed by atoms with van der Waals surface area (Å²) in [6, 6.07) is 10.0. The zero-order valence-electron chi connectivity index (χ0n) is 13.6. The molecule has 1 fully saturated rings. The maximum absolute atomic E-state index is 12.6. The number of nitrogens with zero attached hydrogens (tertiary/aromatic N) is 2. The summed E-state index contributed by atoms with van der Waals surface area (Å²) in [5.41, 5.74) is 1.05. The Bertz CT molecular complexity index is 501. The fourth-order valence-electron chi connectivity index (χ4n) is 3.08. The number of hydrogen-bond donors (Lipinski definition) is 0. The van der Waals surface area contributed by atoms with E-state index in [-0.39, 0.29) is 17.9 Å². The van der Waals surface area contributed by atoms with Crippen LogP contribution in [0.4, 0.5) is 0 Å². The summed E-state index contributed by atoms with van der Waals surface area (Å²) in [5, 5.41) is 0. The van der Waals surface area contributed by atoms with E-state index in [2.05, 4.69) is 6.92 Å². The van der Waals surface area contributed by atoms with Crippen molar-refractivity contribution in [2.45, 2.75) is 52.1 Å². The Morgan fingerprint density at radius 1 is 1.18 bits per heavy atom. The number of carbonyl (C=O) groups is 2. The second-order valence-electron chi connectivity index (χ2n) is 5.86. The molecule has 1 unspecified atom stereocenters. The van der Waals surface area contributed by atoms with Crippen LogP contribution in [0.2, 0.25) is 0 Å². The molecule has 0 bridgehead atoms. The first-order valence-corrected chi connectivity index (χ1v) is 8.31. The topological polar surface area (TPSA) is 40.6 Å². The molecule has 1 atom stereocenters. The minimum Gasteiger partial charge on any atom is -0.331 e. The van der Waals surface area contributed by atoms with Gasteiger partial charge in [0.15, 0.2) is 0 Å². The highest BCUT2D eigenvalue weighted by Crippen LogP contribution is 2.20. The highest BCUT2D eigenvalue weighted by Gasteiger charge is 2.32. The predicted octanol–water partition coefficient (Wildman–Crippen LogP) is 2.83. The minimum atomic E-state index is -0.369. The third kappa shape index (κ3) is 3.87. The Morgan fingerprint density at radius 2 is 1.91 bits per heavy atom. The normalized spacial score (nSPS) is 18.1. The lowest BCUT2D eigenvalue weighted by molar-refractivity contribution is -0.154.